The minimum Gasteiger partial charge on any atom is -0.344 e. The number of halogens is 2. The van der Waals surface area contributed by atoms with Crippen molar-refractivity contribution in [3.05, 3.63) is 105 Å². The van der Waals surface area contributed by atoms with E-state index in [1.165, 1.54) is 11.1 Å². The van der Waals surface area contributed by atoms with Gasteiger partial charge in [0.15, 0.2) is 0 Å². The minimum atomic E-state index is -0.654. The molecule has 3 aromatic rings. The van der Waals surface area contributed by atoms with Gasteiger partial charge < -0.3 is 20.4 Å². The van der Waals surface area contributed by atoms with Crippen LogP contribution >= 0.6 is 23.2 Å². The van der Waals surface area contributed by atoms with Gasteiger partial charge in [0, 0.05) is 36.2 Å². The summed E-state index contributed by atoms with van der Waals surface area (Å²) >= 11 is 12.3. The Morgan fingerprint density at radius 1 is 0.625 bits per heavy atom. The molecule has 10 heteroatoms. The monoisotopic (exact) mass is 802 g/mol. The number of rotatable bonds is 12. The molecule has 0 radical (unpaired) electrons. The highest BCUT2D eigenvalue weighted by molar-refractivity contribution is 6.30. The SMILES string of the molecule is CC(C)[C@@H](NC(=O)Cc1cccc(CC(=O)N[C@@H](C(=O)N2CCC(c3ccc(Cl)cc3)C(C)(C)C2)C(C)C)c1)C(=O)N1CCC(c2ccc(Cl)cc2)C(C)(C)C1. The van der Waals surface area contributed by atoms with Crippen molar-refractivity contribution in [3.63, 3.8) is 0 Å². The summed E-state index contributed by atoms with van der Waals surface area (Å²) in [5, 5.41) is 7.47. The molecule has 0 aliphatic carbocycles. The molecule has 3 aromatic carbocycles. The van der Waals surface area contributed by atoms with Gasteiger partial charge in [0.25, 0.3) is 0 Å². The van der Waals surface area contributed by atoms with Gasteiger partial charge in [-0.15, -0.1) is 0 Å². The fraction of sp³-hybridized carbons (Fsp3) is 0.522. The second-order valence-corrected chi connectivity index (χ2v) is 18.9. The fourth-order valence-corrected chi connectivity index (χ4v) is 9.06. The average Bonchev–Trinajstić information content (AvgIpc) is 3.12. The molecule has 0 bridgehead atoms. The van der Waals surface area contributed by atoms with Crippen LogP contribution in [0.3, 0.4) is 0 Å². The third-order valence-electron chi connectivity index (χ3n) is 11.8. The number of hydrogen-bond acceptors (Lipinski definition) is 4. The van der Waals surface area contributed by atoms with Gasteiger partial charge in [-0.2, -0.15) is 0 Å². The minimum absolute atomic E-state index is 0.0647. The van der Waals surface area contributed by atoms with Gasteiger partial charge in [0.1, 0.15) is 12.1 Å². The Kier molecular flexibility index (Phi) is 14.0. The van der Waals surface area contributed by atoms with Crippen molar-refractivity contribution < 1.29 is 19.2 Å². The molecule has 2 aliphatic rings. The topological polar surface area (TPSA) is 98.8 Å². The van der Waals surface area contributed by atoms with Crippen molar-refractivity contribution in [1.82, 2.24) is 20.4 Å². The number of likely N-dealkylation sites (tertiary alicyclic amines) is 2. The van der Waals surface area contributed by atoms with Crippen molar-refractivity contribution in [1.29, 1.82) is 0 Å². The first-order valence-corrected chi connectivity index (χ1v) is 20.8. The predicted molar refractivity (Wildman–Crippen MR) is 226 cm³/mol. The number of nitrogens with one attached hydrogen (secondary N) is 2. The number of carbonyl (C=O) groups excluding carboxylic acids is 4. The Bertz CT molecular complexity index is 1730. The maximum absolute atomic E-state index is 13.9. The number of hydrogen-bond donors (Lipinski definition) is 2. The lowest BCUT2D eigenvalue weighted by molar-refractivity contribution is -0.140. The second-order valence-electron chi connectivity index (χ2n) is 18.0. The molecular formula is C46H60Cl2N4O4. The van der Waals surface area contributed by atoms with Crippen LogP contribution in [0.25, 0.3) is 0 Å². The van der Waals surface area contributed by atoms with Crippen LogP contribution in [-0.4, -0.2) is 71.7 Å². The first-order chi connectivity index (χ1) is 26.3. The molecule has 2 heterocycles. The zero-order valence-corrected chi connectivity index (χ0v) is 35.8. The number of nitrogens with zero attached hydrogens (tertiary/aromatic N) is 2. The Morgan fingerprint density at radius 3 is 1.30 bits per heavy atom. The summed E-state index contributed by atoms with van der Waals surface area (Å²) in [5.41, 5.74) is 3.62. The Hall–Kier alpha value is -3.88. The van der Waals surface area contributed by atoms with Gasteiger partial charge in [0.2, 0.25) is 23.6 Å². The Labute approximate surface area is 344 Å². The van der Waals surface area contributed by atoms with E-state index in [4.69, 9.17) is 23.2 Å². The number of amides is 4. The normalized spacial score (nSPS) is 20.4. The van der Waals surface area contributed by atoms with Crippen molar-refractivity contribution in [3.8, 4) is 0 Å². The van der Waals surface area contributed by atoms with Gasteiger partial charge in [0.05, 0.1) is 12.8 Å². The molecule has 5 rings (SSSR count). The van der Waals surface area contributed by atoms with Gasteiger partial charge in [-0.1, -0.05) is 127 Å². The second kappa shape index (κ2) is 18.1. The Balaban J connectivity index is 1.15. The van der Waals surface area contributed by atoms with Crippen LogP contribution in [0.4, 0.5) is 0 Å². The van der Waals surface area contributed by atoms with Gasteiger partial charge in [-0.3, -0.25) is 19.2 Å². The maximum Gasteiger partial charge on any atom is 0.245 e. The van der Waals surface area contributed by atoms with Crippen molar-refractivity contribution >= 4 is 46.8 Å². The van der Waals surface area contributed by atoms with E-state index in [1.807, 2.05) is 86.0 Å². The quantitative estimate of drug-likeness (QED) is 0.192. The van der Waals surface area contributed by atoms with Gasteiger partial charge in [-0.05, 0) is 93.9 Å². The summed E-state index contributed by atoms with van der Waals surface area (Å²) in [7, 11) is 0. The molecule has 2 aliphatic heterocycles. The van der Waals surface area contributed by atoms with E-state index >= 15 is 0 Å². The molecule has 2 fully saturated rings. The number of benzene rings is 3. The molecule has 0 aromatic heterocycles. The zero-order valence-electron chi connectivity index (χ0n) is 34.3. The summed E-state index contributed by atoms with van der Waals surface area (Å²) in [6.07, 6.45) is 1.80. The summed E-state index contributed by atoms with van der Waals surface area (Å²) in [4.78, 5) is 58.4. The summed E-state index contributed by atoms with van der Waals surface area (Å²) < 4.78 is 0. The molecule has 4 atom stereocenters. The highest BCUT2D eigenvalue weighted by Crippen LogP contribution is 2.44. The lowest BCUT2D eigenvalue weighted by atomic mass is 9.70. The summed E-state index contributed by atoms with van der Waals surface area (Å²) in [6.45, 7) is 19.0. The smallest absolute Gasteiger partial charge is 0.245 e. The van der Waals surface area contributed by atoms with Crippen LogP contribution < -0.4 is 10.6 Å². The predicted octanol–water partition coefficient (Wildman–Crippen LogP) is 8.44. The molecular weight excluding hydrogens is 743 g/mol. The van der Waals surface area contributed by atoms with Crippen LogP contribution in [0.1, 0.15) is 102 Å². The van der Waals surface area contributed by atoms with E-state index in [-0.39, 0.29) is 59.1 Å². The molecule has 56 heavy (non-hydrogen) atoms. The Morgan fingerprint density at radius 2 is 0.982 bits per heavy atom. The van der Waals surface area contributed by atoms with E-state index in [2.05, 4.69) is 62.6 Å². The van der Waals surface area contributed by atoms with E-state index < -0.39 is 12.1 Å². The number of carbonyl (C=O) groups is 4. The molecule has 2 N–H and O–H groups in total. The standard InChI is InChI=1S/C46H60Cl2N4O4/c1-29(2)41(43(55)51-22-20-37(45(5,6)27-51)33-12-16-35(47)17-13-33)49-39(53)25-31-10-9-11-32(24-31)26-40(54)50-42(30(3)4)44(56)52-23-21-38(46(7,8)28-52)34-14-18-36(48)19-15-34/h9-19,24,29-30,37-38,41-42H,20-23,25-28H2,1-8H3,(H,49,53)(H,50,54)/t37?,38?,41-,42-/m1/s1. The van der Waals surface area contributed by atoms with E-state index in [1.54, 1.807) is 0 Å². The molecule has 2 unspecified atom stereocenters. The van der Waals surface area contributed by atoms with E-state index in [0.29, 0.717) is 48.1 Å². The third kappa shape index (κ3) is 10.7. The van der Waals surface area contributed by atoms with Crippen LogP contribution in [0.15, 0.2) is 72.8 Å². The average molecular weight is 804 g/mol. The molecule has 0 spiro atoms. The molecule has 0 saturated carbocycles. The third-order valence-corrected chi connectivity index (χ3v) is 12.4. The highest BCUT2D eigenvalue weighted by atomic mass is 35.5. The molecule has 2 saturated heterocycles. The number of piperidine rings is 2. The van der Waals surface area contributed by atoms with Crippen molar-refractivity contribution in [2.24, 2.45) is 22.7 Å². The van der Waals surface area contributed by atoms with Gasteiger partial charge in [-0.25, -0.2) is 0 Å². The fourth-order valence-electron chi connectivity index (χ4n) is 8.81. The highest BCUT2D eigenvalue weighted by Gasteiger charge is 2.42. The molecule has 302 valence electrons. The van der Waals surface area contributed by atoms with Crippen molar-refractivity contribution in [2.75, 3.05) is 26.2 Å². The largest absolute Gasteiger partial charge is 0.344 e. The van der Waals surface area contributed by atoms with Crippen molar-refractivity contribution in [2.45, 2.75) is 105 Å². The summed E-state index contributed by atoms with van der Waals surface area (Å²) in [5.74, 6) is -0.246. The van der Waals surface area contributed by atoms with E-state index in [0.717, 1.165) is 24.0 Å². The molecule has 8 nitrogen and oxygen atoms in total. The zero-order chi connectivity index (χ0) is 40.9. The summed E-state index contributed by atoms with van der Waals surface area (Å²) in [6, 6.07) is 22.0. The van der Waals surface area contributed by atoms with Crippen LogP contribution in [0, 0.1) is 22.7 Å². The van der Waals surface area contributed by atoms with Crippen LogP contribution in [0.2, 0.25) is 10.0 Å². The lowest BCUT2D eigenvalue weighted by Crippen LogP contribution is -2.56. The van der Waals surface area contributed by atoms with Gasteiger partial charge >= 0.3 is 0 Å². The maximum atomic E-state index is 13.9. The first kappa shape index (κ1) is 43.2. The lowest BCUT2D eigenvalue weighted by Gasteiger charge is -2.45. The van der Waals surface area contributed by atoms with Crippen LogP contribution in [0.5, 0.6) is 0 Å². The van der Waals surface area contributed by atoms with Crippen LogP contribution in [-0.2, 0) is 32.0 Å². The first-order valence-electron chi connectivity index (χ1n) is 20.1. The molecule has 4 amide bonds. The van der Waals surface area contributed by atoms with E-state index in [9.17, 15) is 19.2 Å².